The molecule has 1 saturated heterocycles. The summed E-state index contributed by atoms with van der Waals surface area (Å²) in [4.78, 5) is 20.8. The van der Waals surface area contributed by atoms with Crippen LogP contribution in [0.15, 0.2) is 36.7 Å². The zero-order valence-electron chi connectivity index (χ0n) is 15.3. The molecule has 0 bridgehead atoms. The molecule has 0 unspecified atom stereocenters. The molecule has 26 heavy (non-hydrogen) atoms. The number of carbonyl (C=O) groups is 1. The van der Waals surface area contributed by atoms with Gasteiger partial charge in [0, 0.05) is 38.6 Å². The normalized spacial score (nSPS) is 23.2. The van der Waals surface area contributed by atoms with E-state index in [1.54, 1.807) is 11.1 Å². The number of nitrogens with zero attached hydrogens (tertiary/aromatic N) is 4. The molecule has 1 atom stereocenters. The summed E-state index contributed by atoms with van der Waals surface area (Å²) >= 11 is 0. The minimum Gasteiger partial charge on any atom is -0.387 e. The summed E-state index contributed by atoms with van der Waals surface area (Å²) in [5.41, 5.74) is 1.95. The van der Waals surface area contributed by atoms with Gasteiger partial charge in [-0.2, -0.15) is 0 Å². The fourth-order valence-corrected chi connectivity index (χ4v) is 4.12. The van der Waals surface area contributed by atoms with Gasteiger partial charge in [0.2, 0.25) is 5.91 Å². The molecular weight excluding hydrogens is 328 g/mol. The van der Waals surface area contributed by atoms with Crippen LogP contribution in [0.2, 0.25) is 0 Å². The SMILES string of the molecule is Cc1nccn1CC(=O)N1CC[C@@](O)(CN2CCc3ccccc3C2)C1. The third-order valence-electron chi connectivity index (χ3n) is 5.64. The first-order valence-electron chi connectivity index (χ1n) is 9.29. The molecule has 2 aliphatic heterocycles. The van der Waals surface area contributed by atoms with Gasteiger partial charge in [-0.15, -0.1) is 0 Å². The van der Waals surface area contributed by atoms with Crippen molar-refractivity contribution in [1.82, 2.24) is 19.4 Å². The number of fused-ring (bicyclic) bond motifs is 1. The van der Waals surface area contributed by atoms with Gasteiger partial charge in [-0.3, -0.25) is 9.69 Å². The highest BCUT2D eigenvalue weighted by atomic mass is 16.3. The first kappa shape index (κ1) is 17.2. The predicted molar refractivity (Wildman–Crippen MR) is 98.5 cm³/mol. The van der Waals surface area contributed by atoms with E-state index in [1.165, 1.54) is 11.1 Å². The van der Waals surface area contributed by atoms with Crippen LogP contribution in [0, 0.1) is 6.92 Å². The maximum Gasteiger partial charge on any atom is 0.242 e. The fourth-order valence-electron chi connectivity index (χ4n) is 4.12. The van der Waals surface area contributed by atoms with Crippen molar-refractivity contribution in [2.75, 3.05) is 26.2 Å². The zero-order valence-corrected chi connectivity index (χ0v) is 15.3. The molecule has 0 aliphatic carbocycles. The molecule has 6 nitrogen and oxygen atoms in total. The van der Waals surface area contributed by atoms with Gasteiger partial charge in [-0.25, -0.2) is 4.98 Å². The Labute approximate surface area is 154 Å². The number of hydrogen-bond donors (Lipinski definition) is 1. The van der Waals surface area contributed by atoms with Crippen molar-refractivity contribution in [1.29, 1.82) is 0 Å². The lowest BCUT2D eigenvalue weighted by Gasteiger charge is -2.34. The topological polar surface area (TPSA) is 61.6 Å². The Hall–Kier alpha value is -2.18. The number of imidazole rings is 1. The molecule has 138 valence electrons. The van der Waals surface area contributed by atoms with Crippen molar-refractivity contribution in [2.24, 2.45) is 0 Å². The Kier molecular flexibility index (Phi) is 4.54. The first-order chi connectivity index (χ1) is 12.5. The van der Waals surface area contributed by atoms with Crippen molar-refractivity contribution in [3.63, 3.8) is 0 Å². The van der Waals surface area contributed by atoms with Gasteiger partial charge < -0.3 is 14.6 Å². The van der Waals surface area contributed by atoms with E-state index in [-0.39, 0.29) is 5.91 Å². The number of likely N-dealkylation sites (tertiary alicyclic amines) is 1. The van der Waals surface area contributed by atoms with Gasteiger partial charge in [-0.1, -0.05) is 24.3 Å². The van der Waals surface area contributed by atoms with Crippen molar-refractivity contribution in [2.45, 2.75) is 38.5 Å². The van der Waals surface area contributed by atoms with Crippen LogP contribution in [0.25, 0.3) is 0 Å². The molecule has 1 N–H and O–H groups in total. The van der Waals surface area contributed by atoms with Crippen LogP contribution in [0.1, 0.15) is 23.4 Å². The number of β-amino-alcohol motifs (C(OH)–C–C–N with tert-alkyl or cyclic N) is 1. The largest absolute Gasteiger partial charge is 0.387 e. The van der Waals surface area contributed by atoms with Crippen LogP contribution in [-0.2, 0) is 24.3 Å². The number of aryl methyl sites for hydroxylation is 1. The molecule has 2 aliphatic rings. The standard InChI is InChI=1S/C20H26N4O2/c1-16-21-8-11-23(16)13-19(25)24-10-7-20(26,15-24)14-22-9-6-17-4-2-3-5-18(17)12-22/h2-5,8,11,26H,6-7,9-10,12-15H2,1H3/t20-/m1/s1. The highest BCUT2D eigenvalue weighted by Gasteiger charge is 2.39. The average Bonchev–Trinajstić information content (AvgIpc) is 3.21. The Morgan fingerprint density at radius 3 is 2.85 bits per heavy atom. The van der Waals surface area contributed by atoms with E-state index in [0.717, 1.165) is 25.3 Å². The van der Waals surface area contributed by atoms with Crippen LogP contribution in [0.4, 0.5) is 0 Å². The van der Waals surface area contributed by atoms with Crippen LogP contribution in [0.5, 0.6) is 0 Å². The van der Waals surface area contributed by atoms with E-state index in [4.69, 9.17) is 0 Å². The lowest BCUT2D eigenvalue weighted by molar-refractivity contribution is -0.132. The van der Waals surface area contributed by atoms with Gasteiger partial charge in [0.1, 0.15) is 12.4 Å². The lowest BCUT2D eigenvalue weighted by Crippen LogP contribution is -2.47. The number of hydrogen-bond acceptors (Lipinski definition) is 4. The molecule has 1 amide bonds. The summed E-state index contributed by atoms with van der Waals surface area (Å²) in [5, 5.41) is 11.0. The molecule has 1 fully saturated rings. The fraction of sp³-hybridized carbons (Fsp3) is 0.500. The van der Waals surface area contributed by atoms with Gasteiger partial charge in [0.25, 0.3) is 0 Å². The number of aromatic nitrogens is 2. The zero-order chi connectivity index (χ0) is 18.1. The molecule has 0 saturated carbocycles. The van der Waals surface area contributed by atoms with E-state index in [1.807, 2.05) is 17.7 Å². The monoisotopic (exact) mass is 354 g/mol. The third-order valence-corrected chi connectivity index (χ3v) is 5.64. The number of aliphatic hydroxyl groups is 1. The number of carbonyl (C=O) groups excluding carboxylic acids is 1. The summed E-state index contributed by atoms with van der Waals surface area (Å²) in [5.74, 6) is 0.880. The van der Waals surface area contributed by atoms with Crippen molar-refractivity contribution >= 4 is 5.91 Å². The summed E-state index contributed by atoms with van der Waals surface area (Å²) in [7, 11) is 0. The van der Waals surface area contributed by atoms with Gasteiger partial charge in [0.15, 0.2) is 0 Å². The van der Waals surface area contributed by atoms with Crippen LogP contribution < -0.4 is 0 Å². The second-order valence-corrected chi connectivity index (χ2v) is 7.62. The molecule has 1 aromatic heterocycles. The predicted octanol–water partition coefficient (Wildman–Crippen LogP) is 1.21. The van der Waals surface area contributed by atoms with E-state index in [2.05, 4.69) is 34.1 Å². The minimum atomic E-state index is -0.814. The lowest BCUT2D eigenvalue weighted by atomic mass is 9.97. The molecule has 1 aromatic carbocycles. The highest BCUT2D eigenvalue weighted by Crippen LogP contribution is 2.26. The highest BCUT2D eigenvalue weighted by molar-refractivity contribution is 5.76. The Morgan fingerprint density at radius 1 is 1.27 bits per heavy atom. The van der Waals surface area contributed by atoms with Gasteiger partial charge in [-0.05, 0) is 30.9 Å². The molecule has 3 heterocycles. The second-order valence-electron chi connectivity index (χ2n) is 7.62. The second kappa shape index (κ2) is 6.85. The maximum absolute atomic E-state index is 12.6. The molecule has 4 rings (SSSR count). The van der Waals surface area contributed by atoms with Crippen molar-refractivity contribution in [3.05, 3.63) is 53.6 Å². The summed E-state index contributed by atoms with van der Waals surface area (Å²) in [6.45, 7) is 5.67. The smallest absolute Gasteiger partial charge is 0.242 e. The molecule has 0 radical (unpaired) electrons. The van der Waals surface area contributed by atoms with E-state index >= 15 is 0 Å². The molecule has 0 spiro atoms. The third kappa shape index (κ3) is 3.52. The molecular formula is C20H26N4O2. The van der Waals surface area contributed by atoms with Crippen molar-refractivity contribution in [3.8, 4) is 0 Å². The first-order valence-corrected chi connectivity index (χ1v) is 9.29. The van der Waals surface area contributed by atoms with Crippen LogP contribution >= 0.6 is 0 Å². The van der Waals surface area contributed by atoms with Gasteiger partial charge in [0.05, 0.1) is 12.1 Å². The Bertz CT molecular complexity index is 803. The quantitative estimate of drug-likeness (QED) is 0.897. The Balaban J connectivity index is 1.35. The summed E-state index contributed by atoms with van der Waals surface area (Å²) in [6.07, 6.45) is 5.19. The van der Waals surface area contributed by atoms with Gasteiger partial charge >= 0.3 is 0 Å². The van der Waals surface area contributed by atoms with Crippen molar-refractivity contribution < 1.29 is 9.90 Å². The molecule has 2 aromatic rings. The van der Waals surface area contributed by atoms with E-state index < -0.39 is 5.60 Å². The number of benzene rings is 1. The number of amides is 1. The number of rotatable bonds is 4. The Morgan fingerprint density at radius 2 is 2.08 bits per heavy atom. The summed E-state index contributed by atoms with van der Waals surface area (Å²) in [6, 6.07) is 8.52. The van der Waals surface area contributed by atoms with Crippen LogP contribution in [-0.4, -0.2) is 62.1 Å². The van der Waals surface area contributed by atoms with Crippen LogP contribution in [0.3, 0.4) is 0 Å². The van der Waals surface area contributed by atoms with E-state index in [9.17, 15) is 9.90 Å². The minimum absolute atomic E-state index is 0.0472. The molecule has 6 heteroatoms. The average molecular weight is 354 g/mol. The maximum atomic E-state index is 12.6. The van der Waals surface area contributed by atoms with E-state index in [0.29, 0.717) is 32.6 Å². The summed E-state index contributed by atoms with van der Waals surface area (Å²) < 4.78 is 1.85.